The van der Waals surface area contributed by atoms with Crippen LogP contribution in [0.1, 0.15) is 25.7 Å². The third-order valence-corrected chi connectivity index (χ3v) is 3.83. The second kappa shape index (κ2) is 5.04. The maximum Gasteiger partial charge on any atom is 0.241 e. The van der Waals surface area contributed by atoms with E-state index in [2.05, 4.69) is 0 Å². The minimum atomic E-state index is 0.0321. The van der Waals surface area contributed by atoms with Crippen molar-refractivity contribution < 1.29 is 9.59 Å². The standard InChI is InChI=1S/C12H21N3O2/c1-14-5-6-15(8-11(14)16)12(17)9-3-2-4-10(13)7-9/h9-10H,2-8,13H2,1H3/t9-,10+/m0/s1. The van der Waals surface area contributed by atoms with Crippen molar-refractivity contribution in [2.75, 3.05) is 26.7 Å². The van der Waals surface area contributed by atoms with E-state index in [4.69, 9.17) is 5.73 Å². The van der Waals surface area contributed by atoms with E-state index in [9.17, 15) is 9.59 Å². The predicted molar refractivity (Wildman–Crippen MR) is 64.2 cm³/mol. The van der Waals surface area contributed by atoms with Gasteiger partial charge in [0.15, 0.2) is 0 Å². The Morgan fingerprint density at radius 1 is 1.35 bits per heavy atom. The lowest BCUT2D eigenvalue weighted by molar-refractivity contribution is -0.147. The monoisotopic (exact) mass is 239 g/mol. The molecule has 5 heteroatoms. The van der Waals surface area contributed by atoms with Crippen molar-refractivity contribution in [1.82, 2.24) is 9.80 Å². The third kappa shape index (κ3) is 2.77. The van der Waals surface area contributed by atoms with Gasteiger partial charge >= 0.3 is 0 Å². The fourth-order valence-electron chi connectivity index (χ4n) is 2.66. The molecule has 2 N–H and O–H groups in total. The van der Waals surface area contributed by atoms with Crippen LogP contribution in [-0.2, 0) is 9.59 Å². The Bertz CT molecular complexity index is 319. The third-order valence-electron chi connectivity index (χ3n) is 3.83. The van der Waals surface area contributed by atoms with Crippen LogP contribution < -0.4 is 5.73 Å². The van der Waals surface area contributed by atoms with Crippen molar-refractivity contribution in [3.05, 3.63) is 0 Å². The molecule has 1 heterocycles. The van der Waals surface area contributed by atoms with Gasteiger partial charge in [-0.25, -0.2) is 0 Å². The van der Waals surface area contributed by atoms with E-state index in [1.54, 1.807) is 16.8 Å². The van der Waals surface area contributed by atoms with E-state index in [1.807, 2.05) is 0 Å². The molecule has 1 aliphatic heterocycles. The maximum atomic E-state index is 12.3. The van der Waals surface area contributed by atoms with Crippen LogP contribution in [0.4, 0.5) is 0 Å². The Balaban J connectivity index is 1.93. The first kappa shape index (κ1) is 12.4. The lowest BCUT2D eigenvalue weighted by atomic mass is 9.85. The molecule has 0 aromatic carbocycles. The van der Waals surface area contributed by atoms with Gasteiger partial charge in [-0.2, -0.15) is 0 Å². The molecule has 2 amide bonds. The highest BCUT2D eigenvalue weighted by molar-refractivity contribution is 5.87. The smallest absolute Gasteiger partial charge is 0.241 e. The molecule has 0 aromatic heterocycles. The number of likely N-dealkylation sites (N-methyl/N-ethyl adjacent to an activating group) is 1. The summed E-state index contributed by atoms with van der Waals surface area (Å²) in [7, 11) is 1.78. The fraction of sp³-hybridized carbons (Fsp3) is 0.833. The van der Waals surface area contributed by atoms with Crippen molar-refractivity contribution in [2.45, 2.75) is 31.7 Å². The quantitative estimate of drug-likeness (QED) is 0.689. The molecule has 5 nitrogen and oxygen atoms in total. The Kier molecular flexibility index (Phi) is 3.66. The van der Waals surface area contributed by atoms with E-state index < -0.39 is 0 Å². The summed E-state index contributed by atoms with van der Waals surface area (Å²) in [6.07, 6.45) is 3.75. The Labute approximate surface area is 102 Å². The zero-order chi connectivity index (χ0) is 12.4. The van der Waals surface area contributed by atoms with Gasteiger partial charge < -0.3 is 15.5 Å². The Morgan fingerprint density at radius 3 is 2.76 bits per heavy atom. The molecule has 2 rings (SSSR count). The first-order valence-electron chi connectivity index (χ1n) is 6.36. The topological polar surface area (TPSA) is 66.6 Å². The Hall–Kier alpha value is -1.10. The minimum absolute atomic E-state index is 0.0321. The first-order chi connectivity index (χ1) is 8.08. The fourth-order valence-corrected chi connectivity index (χ4v) is 2.66. The summed E-state index contributed by atoms with van der Waals surface area (Å²) in [5, 5.41) is 0. The number of carbonyl (C=O) groups excluding carboxylic acids is 2. The molecule has 1 aliphatic carbocycles. The van der Waals surface area contributed by atoms with Gasteiger partial charge in [0.05, 0.1) is 6.54 Å². The van der Waals surface area contributed by atoms with E-state index in [0.29, 0.717) is 13.1 Å². The number of rotatable bonds is 1. The second-order valence-electron chi connectivity index (χ2n) is 5.20. The highest BCUT2D eigenvalue weighted by Gasteiger charge is 2.32. The summed E-state index contributed by atoms with van der Waals surface area (Å²) < 4.78 is 0. The molecule has 1 saturated heterocycles. The van der Waals surface area contributed by atoms with Gasteiger partial charge in [-0.05, 0) is 19.3 Å². The van der Waals surface area contributed by atoms with E-state index in [1.165, 1.54) is 0 Å². The molecule has 17 heavy (non-hydrogen) atoms. The van der Waals surface area contributed by atoms with Crippen molar-refractivity contribution in [3.8, 4) is 0 Å². The average Bonchev–Trinajstić information content (AvgIpc) is 2.32. The molecule has 0 spiro atoms. The van der Waals surface area contributed by atoms with Gasteiger partial charge in [-0.1, -0.05) is 6.42 Å². The summed E-state index contributed by atoms with van der Waals surface area (Å²) in [4.78, 5) is 27.2. The van der Waals surface area contributed by atoms with Crippen molar-refractivity contribution in [3.63, 3.8) is 0 Å². The zero-order valence-corrected chi connectivity index (χ0v) is 10.4. The van der Waals surface area contributed by atoms with E-state index in [-0.39, 0.29) is 30.3 Å². The van der Waals surface area contributed by atoms with Gasteiger partial charge in [0.2, 0.25) is 11.8 Å². The lowest BCUT2D eigenvalue weighted by Gasteiger charge is -2.36. The van der Waals surface area contributed by atoms with Crippen LogP contribution >= 0.6 is 0 Å². The molecule has 0 radical (unpaired) electrons. The van der Waals surface area contributed by atoms with Gasteiger partial charge in [-0.3, -0.25) is 9.59 Å². The van der Waals surface area contributed by atoms with Crippen LogP contribution in [0.3, 0.4) is 0 Å². The number of carbonyl (C=O) groups is 2. The molecule has 0 aromatic rings. The maximum absolute atomic E-state index is 12.3. The number of nitrogens with two attached hydrogens (primary N) is 1. The average molecular weight is 239 g/mol. The van der Waals surface area contributed by atoms with Crippen LogP contribution in [0.5, 0.6) is 0 Å². The molecular formula is C12H21N3O2. The van der Waals surface area contributed by atoms with Crippen molar-refractivity contribution in [2.24, 2.45) is 11.7 Å². The van der Waals surface area contributed by atoms with E-state index in [0.717, 1.165) is 25.7 Å². The van der Waals surface area contributed by atoms with Gasteiger partial charge in [0.1, 0.15) is 0 Å². The second-order valence-corrected chi connectivity index (χ2v) is 5.20. The van der Waals surface area contributed by atoms with Crippen molar-refractivity contribution >= 4 is 11.8 Å². The number of nitrogens with zero attached hydrogens (tertiary/aromatic N) is 2. The first-order valence-corrected chi connectivity index (χ1v) is 6.36. The van der Waals surface area contributed by atoms with Crippen LogP contribution in [0, 0.1) is 5.92 Å². The molecule has 0 unspecified atom stereocenters. The molecule has 2 aliphatic rings. The highest BCUT2D eigenvalue weighted by Crippen LogP contribution is 2.25. The molecule has 1 saturated carbocycles. The molecular weight excluding hydrogens is 218 g/mol. The van der Waals surface area contributed by atoms with Crippen molar-refractivity contribution in [1.29, 1.82) is 0 Å². The summed E-state index contributed by atoms with van der Waals surface area (Å²) >= 11 is 0. The molecule has 2 atom stereocenters. The summed E-state index contributed by atoms with van der Waals surface area (Å²) in [5.74, 6) is 0.196. The number of amides is 2. The molecule has 2 fully saturated rings. The Morgan fingerprint density at radius 2 is 2.12 bits per heavy atom. The number of piperazine rings is 1. The van der Waals surface area contributed by atoms with Crippen LogP contribution in [0.25, 0.3) is 0 Å². The van der Waals surface area contributed by atoms with Crippen LogP contribution in [-0.4, -0.2) is 54.3 Å². The minimum Gasteiger partial charge on any atom is -0.342 e. The van der Waals surface area contributed by atoms with Crippen LogP contribution in [0.2, 0.25) is 0 Å². The zero-order valence-electron chi connectivity index (χ0n) is 10.4. The van der Waals surface area contributed by atoms with Crippen LogP contribution in [0.15, 0.2) is 0 Å². The number of hydrogen-bond acceptors (Lipinski definition) is 3. The van der Waals surface area contributed by atoms with Gasteiger partial charge in [0.25, 0.3) is 0 Å². The predicted octanol–water partition coefficient (Wildman–Crippen LogP) is -0.195. The summed E-state index contributed by atoms with van der Waals surface area (Å²) in [5.41, 5.74) is 5.90. The van der Waals surface area contributed by atoms with Gasteiger partial charge in [0, 0.05) is 32.1 Å². The molecule has 96 valence electrons. The van der Waals surface area contributed by atoms with Gasteiger partial charge in [-0.15, -0.1) is 0 Å². The summed E-state index contributed by atoms with van der Waals surface area (Å²) in [6, 6.07) is 0.154. The largest absolute Gasteiger partial charge is 0.342 e. The normalized spacial score (nSPS) is 30.6. The van der Waals surface area contributed by atoms with E-state index >= 15 is 0 Å². The lowest BCUT2D eigenvalue weighted by Crippen LogP contribution is -2.52. The highest BCUT2D eigenvalue weighted by atomic mass is 16.2. The number of hydrogen-bond donors (Lipinski definition) is 1. The SMILES string of the molecule is CN1CCN(C(=O)[C@H]2CCC[C@@H](N)C2)CC1=O. The summed E-state index contributed by atoms with van der Waals surface area (Å²) in [6.45, 7) is 1.54. The molecule has 0 bridgehead atoms.